The highest BCUT2D eigenvalue weighted by Crippen LogP contribution is 2.21. The van der Waals surface area contributed by atoms with Gasteiger partial charge in [0.05, 0.1) is 6.04 Å². The minimum Gasteiger partial charge on any atom is -0.337 e. The summed E-state index contributed by atoms with van der Waals surface area (Å²) < 4.78 is 0. The molecule has 1 N–H and O–H groups in total. The maximum atomic E-state index is 12.1. The summed E-state index contributed by atoms with van der Waals surface area (Å²) in [5.74, 6) is 0.583. The van der Waals surface area contributed by atoms with E-state index in [0.717, 1.165) is 32.5 Å². The first-order chi connectivity index (χ1) is 6.83. The lowest BCUT2D eigenvalue weighted by Gasteiger charge is -2.39. The molecule has 0 aromatic rings. The summed E-state index contributed by atoms with van der Waals surface area (Å²) in [5, 5.41) is 3.21. The van der Waals surface area contributed by atoms with Crippen molar-refractivity contribution in [1.29, 1.82) is 0 Å². The smallest absolute Gasteiger partial charge is 0.226 e. The van der Waals surface area contributed by atoms with E-state index in [1.807, 2.05) is 4.90 Å². The topological polar surface area (TPSA) is 32.3 Å². The molecule has 0 aromatic heterocycles. The van der Waals surface area contributed by atoms with E-state index in [2.05, 4.69) is 24.4 Å². The van der Waals surface area contributed by atoms with Crippen molar-refractivity contribution < 1.29 is 4.79 Å². The molecule has 0 atom stereocenters. The largest absolute Gasteiger partial charge is 0.337 e. The van der Waals surface area contributed by atoms with Gasteiger partial charge in [-0.2, -0.15) is 0 Å². The van der Waals surface area contributed by atoms with Crippen molar-refractivity contribution in [2.24, 2.45) is 5.92 Å². The third-order valence-corrected chi connectivity index (χ3v) is 3.18. The first kappa shape index (κ1) is 9.71. The van der Waals surface area contributed by atoms with E-state index < -0.39 is 0 Å². The van der Waals surface area contributed by atoms with Gasteiger partial charge in [-0.3, -0.25) is 4.79 Å². The Morgan fingerprint density at radius 1 is 1.43 bits per heavy atom. The normalized spacial score (nSPS) is 22.4. The van der Waals surface area contributed by atoms with Gasteiger partial charge in [-0.05, 0) is 19.8 Å². The number of carbonyl (C=O) groups is 1. The second kappa shape index (κ2) is 4.13. The molecule has 78 valence electrons. The summed E-state index contributed by atoms with van der Waals surface area (Å²) in [6.07, 6.45) is 6.12. The summed E-state index contributed by atoms with van der Waals surface area (Å²) in [6.45, 7) is 4.86. The molecule has 14 heavy (non-hydrogen) atoms. The van der Waals surface area contributed by atoms with Crippen LogP contribution in [0.2, 0.25) is 0 Å². The fraction of sp³-hybridized carbons (Fsp3) is 0.727. The van der Waals surface area contributed by atoms with Gasteiger partial charge in [0.1, 0.15) is 0 Å². The van der Waals surface area contributed by atoms with Gasteiger partial charge in [0, 0.05) is 25.6 Å². The molecular formula is C11H18N2O. The standard InChI is InChI=1S/C11H18N2O/c1-2-13(10-7-12-8-10)11(14)9-5-3-4-6-9/h3-4,9-10,12H,2,5-8H2,1H3. The lowest BCUT2D eigenvalue weighted by molar-refractivity contribution is -0.138. The minimum absolute atomic E-state index is 0.232. The molecule has 1 aliphatic carbocycles. The number of likely N-dealkylation sites (N-methyl/N-ethyl adjacent to an activating group) is 1. The van der Waals surface area contributed by atoms with Gasteiger partial charge >= 0.3 is 0 Å². The summed E-state index contributed by atoms with van der Waals surface area (Å²) in [7, 11) is 0. The second-order valence-electron chi connectivity index (χ2n) is 4.08. The van der Waals surface area contributed by atoms with Crippen LogP contribution in [0.3, 0.4) is 0 Å². The van der Waals surface area contributed by atoms with Crippen molar-refractivity contribution in [2.75, 3.05) is 19.6 Å². The van der Waals surface area contributed by atoms with Crippen LogP contribution >= 0.6 is 0 Å². The van der Waals surface area contributed by atoms with Crippen LogP contribution in [0.1, 0.15) is 19.8 Å². The predicted octanol–water partition coefficient (Wildman–Crippen LogP) is 0.773. The number of carbonyl (C=O) groups excluding carboxylic acids is 1. The number of allylic oxidation sites excluding steroid dienone is 2. The molecule has 2 aliphatic rings. The Balaban J connectivity index is 1.93. The van der Waals surface area contributed by atoms with Gasteiger partial charge in [0.25, 0.3) is 0 Å². The van der Waals surface area contributed by atoms with Crippen LogP contribution < -0.4 is 5.32 Å². The zero-order chi connectivity index (χ0) is 9.97. The molecule has 3 heteroatoms. The van der Waals surface area contributed by atoms with Crippen LogP contribution in [0.25, 0.3) is 0 Å². The minimum atomic E-state index is 0.232. The molecule has 0 aromatic carbocycles. The Bertz CT molecular complexity index is 238. The van der Waals surface area contributed by atoms with Crippen LogP contribution in [-0.2, 0) is 4.79 Å². The molecular weight excluding hydrogens is 176 g/mol. The maximum absolute atomic E-state index is 12.1. The van der Waals surface area contributed by atoms with Gasteiger partial charge < -0.3 is 10.2 Å². The molecule has 0 spiro atoms. The average Bonchev–Trinajstić information content (AvgIpc) is 2.62. The van der Waals surface area contributed by atoms with E-state index in [0.29, 0.717) is 11.9 Å². The van der Waals surface area contributed by atoms with Gasteiger partial charge in [-0.15, -0.1) is 0 Å². The highest BCUT2D eigenvalue weighted by molar-refractivity contribution is 5.80. The number of hydrogen-bond acceptors (Lipinski definition) is 2. The van der Waals surface area contributed by atoms with Gasteiger partial charge in [-0.25, -0.2) is 0 Å². The SMILES string of the molecule is CCN(C(=O)C1CC=CC1)C1CNC1. The number of rotatable bonds is 3. The van der Waals surface area contributed by atoms with Crippen LogP contribution in [0.15, 0.2) is 12.2 Å². The summed E-state index contributed by atoms with van der Waals surface area (Å²) >= 11 is 0. The molecule has 0 saturated carbocycles. The van der Waals surface area contributed by atoms with E-state index in [4.69, 9.17) is 0 Å². The first-order valence-electron chi connectivity index (χ1n) is 5.49. The van der Waals surface area contributed by atoms with Gasteiger partial charge in [-0.1, -0.05) is 12.2 Å². The monoisotopic (exact) mass is 194 g/mol. The highest BCUT2D eigenvalue weighted by atomic mass is 16.2. The molecule has 1 aliphatic heterocycles. The van der Waals surface area contributed by atoms with Gasteiger partial charge in [0.2, 0.25) is 5.91 Å². The molecule has 0 unspecified atom stereocenters. The maximum Gasteiger partial charge on any atom is 0.226 e. The van der Waals surface area contributed by atoms with E-state index in [-0.39, 0.29) is 5.92 Å². The Morgan fingerprint density at radius 3 is 2.50 bits per heavy atom. The summed E-state index contributed by atoms with van der Waals surface area (Å²) in [6, 6.07) is 0.452. The molecule has 3 nitrogen and oxygen atoms in total. The average molecular weight is 194 g/mol. The zero-order valence-electron chi connectivity index (χ0n) is 8.70. The van der Waals surface area contributed by atoms with Crippen LogP contribution in [0.4, 0.5) is 0 Å². The number of nitrogens with one attached hydrogen (secondary N) is 1. The molecule has 1 amide bonds. The molecule has 2 rings (SSSR count). The Kier molecular flexibility index (Phi) is 2.87. The Hall–Kier alpha value is -0.830. The Morgan fingerprint density at radius 2 is 2.07 bits per heavy atom. The number of nitrogens with zero attached hydrogens (tertiary/aromatic N) is 1. The van der Waals surface area contributed by atoms with Gasteiger partial charge in [0.15, 0.2) is 0 Å². The van der Waals surface area contributed by atoms with E-state index in [1.165, 1.54) is 0 Å². The number of hydrogen-bond donors (Lipinski definition) is 1. The lowest BCUT2D eigenvalue weighted by atomic mass is 10.0. The molecule has 1 heterocycles. The molecule has 0 radical (unpaired) electrons. The fourth-order valence-electron chi connectivity index (χ4n) is 2.14. The van der Waals surface area contributed by atoms with Crippen molar-refractivity contribution >= 4 is 5.91 Å². The van der Waals surface area contributed by atoms with Crippen molar-refractivity contribution in [1.82, 2.24) is 10.2 Å². The lowest BCUT2D eigenvalue weighted by Crippen LogP contribution is -2.59. The van der Waals surface area contributed by atoms with Crippen LogP contribution in [0.5, 0.6) is 0 Å². The molecule has 1 fully saturated rings. The van der Waals surface area contributed by atoms with E-state index in [1.54, 1.807) is 0 Å². The second-order valence-corrected chi connectivity index (χ2v) is 4.08. The predicted molar refractivity (Wildman–Crippen MR) is 55.9 cm³/mol. The third-order valence-electron chi connectivity index (χ3n) is 3.18. The zero-order valence-corrected chi connectivity index (χ0v) is 8.70. The van der Waals surface area contributed by atoms with Crippen LogP contribution in [-0.4, -0.2) is 36.5 Å². The van der Waals surface area contributed by atoms with E-state index >= 15 is 0 Å². The molecule has 1 saturated heterocycles. The van der Waals surface area contributed by atoms with Crippen molar-refractivity contribution in [3.05, 3.63) is 12.2 Å². The first-order valence-corrected chi connectivity index (χ1v) is 5.49. The van der Waals surface area contributed by atoms with Crippen molar-refractivity contribution in [2.45, 2.75) is 25.8 Å². The quantitative estimate of drug-likeness (QED) is 0.673. The summed E-state index contributed by atoms with van der Waals surface area (Å²) in [4.78, 5) is 14.1. The Labute approximate surface area is 85.2 Å². The van der Waals surface area contributed by atoms with E-state index in [9.17, 15) is 4.79 Å². The molecule has 0 bridgehead atoms. The fourth-order valence-corrected chi connectivity index (χ4v) is 2.14. The summed E-state index contributed by atoms with van der Waals surface area (Å²) in [5.41, 5.74) is 0. The van der Waals surface area contributed by atoms with Crippen molar-refractivity contribution in [3.63, 3.8) is 0 Å². The highest BCUT2D eigenvalue weighted by Gasteiger charge is 2.31. The van der Waals surface area contributed by atoms with Crippen LogP contribution in [0, 0.1) is 5.92 Å². The number of amides is 1. The van der Waals surface area contributed by atoms with Crippen molar-refractivity contribution in [3.8, 4) is 0 Å². The third kappa shape index (κ3) is 1.69.